The predicted molar refractivity (Wildman–Crippen MR) is 95.9 cm³/mol. The molecule has 2 heterocycles. The van der Waals surface area contributed by atoms with Crippen LogP contribution in [0.1, 0.15) is 11.3 Å². The zero-order valence-electron chi connectivity index (χ0n) is 12.8. The van der Waals surface area contributed by atoms with Gasteiger partial charge in [-0.3, -0.25) is 10.1 Å². The van der Waals surface area contributed by atoms with Gasteiger partial charge in [-0.1, -0.05) is 12.1 Å². The van der Waals surface area contributed by atoms with Gasteiger partial charge in [0.05, 0.1) is 23.8 Å². The molecule has 1 fully saturated rings. The van der Waals surface area contributed by atoms with Crippen LogP contribution in [0.15, 0.2) is 29.6 Å². The quantitative estimate of drug-likeness (QED) is 0.811. The normalized spacial score (nSPS) is 17.2. The van der Waals surface area contributed by atoms with Crippen LogP contribution in [0, 0.1) is 0 Å². The maximum absolute atomic E-state index is 12.6. The van der Waals surface area contributed by atoms with E-state index in [1.54, 1.807) is 17.1 Å². The van der Waals surface area contributed by atoms with E-state index in [9.17, 15) is 18.0 Å². The first-order valence-corrected chi connectivity index (χ1v) is 9.18. The number of alkyl halides is 3. The molecule has 1 aliphatic heterocycles. The number of carbonyl (C=O) groups excluding carboxylic acids is 1. The number of thiazole rings is 1. The summed E-state index contributed by atoms with van der Waals surface area (Å²) in [5, 5.41) is 8.32. The lowest BCUT2D eigenvalue weighted by Gasteiger charge is -2.09. The van der Waals surface area contributed by atoms with Crippen molar-refractivity contribution in [2.75, 3.05) is 11.6 Å². The SMILES string of the molecule is Cl.O=C(NCc1csc(-c2ccc(C(F)(F)F)cc2)n1)C1CSCN1. The Labute approximate surface area is 157 Å². The molecule has 1 amide bonds. The summed E-state index contributed by atoms with van der Waals surface area (Å²) < 4.78 is 37.7. The molecule has 4 nitrogen and oxygen atoms in total. The van der Waals surface area contributed by atoms with E-state index in [0.717, 1.165) is 23.8 Å². The van der Waals surface area contributed by atoms with Gasteiger partial charge in [-0.05, 0) is 12.1 Å². The van der Waals surface area contributed by atoms with Gasteiger partial charge in [0.2, 0.25) is 5.91 Å². The Morgan fingerprint density at radius 3 is 2.64 bits per heavy atom. The Morgan fingerprint density at radius 1 is 1.32 bits per heavy atom. The Hall–Kier alpha value is -1.29. The third-order valence-corrected chi connectivity index (χ3v) is 5.37. The first-order chi connectivity index (χ1) is 11.4. The highest BCUT2D eigenvalue weighted by molar-refractivity contribution is 7.99. The van der Waals surface area contributed by atoms with Crippen molar-refractivity contribution in [1.29, 1.82) is 0 Å². The summed E-state index contributed by atoms with van der Waals surface area (Å²) in [6, 6.07) is 4.72. The summed E-state index contributed by atoms with van der Waals surface area (Å²) in [5.74, 6) is 1.45. The second-order valence-electron chi connectivity index (χ2n) is 5.21. The van der Waals surface area contributed by atoms with Crippen LogP contribution in [0.3, 0.4) is 0 Å². The standard InChI is InChI=1S/C15H14F3N3OS2.ClH/c16-15(17,18)10-3-1-9(2-4-10)14-21-11(6-24-14)5-19-13(22)12-7-23-8-20-12;/h1-4,6,12,20H,5,7-8H2,(H,19,22);1H. The first-order valence-electron chi connectivity index (χ1n) is 7.14. The van der Waals surface area contributed by atoms with Crippen molar-refractivity contribution < 1.29 is 18.0 Å². The number of thioether (sulfide) groups is 1. The molecule has 1 saturated heterocycles. The molecule has 3 rings (SSSR count). The van der Waals surface area contributed by atoms with Crippen molar-refractivity contribution >= 4 is 41.4 Å². The fraction of sp³-hybridized carbons (Fsp3) is 0.333. The van der Waals surface area contributed by atoms with Crippen LogP contribution in [0.4, 0.5) is 13.2 Å². The number of halogens is 4. The number of rotatable bonds is 4. The molecule has 25 heavy (non-hydrogen) atoms. The summed E-state index contributed by atoms with van der Waals surface area (Å²) in [5.41, 5.74) is 0.630. The van der Waals surface area contributed by atoms with Crippen LogP contribution in [-0.4, -0.2) is 28.6 Å². The Bertz CT molecular complexity index is 716. The maximum Gasteiger partial charge on any atom is 0.416 e. The molecule has 136 valence electrons. The number of hydrogen-bond acceptors (Lipinski definition) is 5. The van der Waals surface area contributed by atoms with Crippen molar-refractivity contribution in [2.45, 2.75) is 18.8 Å². The van der Waals surface area contributed by atoms with Gasteiger partial charge in [-0.15, -0.1) is 35.5 Å². The van der Waals surface area contributed by atoms with E-state index in [0.29, 0.717) is 22.8 Å². The van der Waals surface area contributed by atoms with Crippen LogP contribution in [-0.2, 0) is 17.5 Å². The average molecular weight is 410 g/mol. The Morgan fingerprint density at radius 2 is 2.04 bits per heavy atom. The highest BCUT2D eigenvalue weighted by Crippen LogP contribution is 2.31. The van der Waals surface area contributed by atoms with E-state index in [1.807, 2.05) is 0 Å². The predicted octanol–water partition coefficient (Wildman–Crippen LogP) is 3.53. The molecule has 1 unspecified atom stereocenters. The Kier molecular flexibility index (Phi) is 6.72. The summed E-state index contributed by atoms with van der Waals surface area (Å²) in [6.45, 7) is 0.304. The van der Waals surface area contributed by atoms with Crippen LogP contribution in [0.2, 0.25) is 0 Å². The van der Waals surface area contributed by atoms with E-state index in [2.05, 4.69) is 15.6 Å². The first kappa shape index (κ1) is 20.0. The average Bonchev–Trinajstić information content (AvgIpc) is 3.23. The van der Waals surface area contributed by atoms with Crippen molar-refractivity contribution in [1.82, 2.24) is 15.6 Å². The third kappa shape index (κ3) is 5.10. The molecule has 10 heteroatoms. The number of carbonyl (C=O) groups is 1. The van der Waals surface area contributed by atoms with Gasteiger partial charge in [-0.2, -0.15) is 13.2 Å². The van der Waals surface area contributed by atoms with Gasteiger partial charge < -0.3 is 5.32 Å². The monoisotopic (exact) mass is 409 g/mol. The van der Waals surface area contributed by atoms with Crippen molar-refractivity contribution in [3.63, 3.8) is 0 Å². The minimum atomic E-state index is -4.34. The van der Waals surface area contributed by atoms with Crippen molar-refractivity contribution in [3.05, 3.63) is 40.9 Å². The Balaban J connectivity index is 0.00000225. The van der Waals surface area contributed by atoms with E-state index >= 15 is 0 Å². The molecule has 1 aromatic heterocycles. The van der Waals surface area contributed by atoms with Gasteiger partial charge >= 0.3 is 6.18 Å². The largest absolute Gasteiger partial charge is 0.416 e. The zero-order valence-corrected chi connectivity index (χ0v) is 15.2. The van der Waals surface area contributed by atoms with E-state index < -0.39 is 11.7 Å². The number of aromatic nitrogens is 1. The molecule has 1 atom stereocenters. The summed E-state index contributed by atoms with van der Waals surface area (Å²) in [4.78, 5) is 16.3. The third-order valence-electron chi connectivity index (χ3n) is 3.49. The molecule has 1 aliphatic rings. The van der Waals surface area contributed by atoms with E-state index in [1.165, 1.54) is 23.5 Å². The van der Waals surface area contributed by atoms with Crippen LogP contribution >= 0.6 is 35.5 Å². The second kappa shape index (κ2) is 8.39. The lowest BCUT2D eigenvalue weighted by atomic mass is 10.1. The minimum absolute atomic E-state index is 0. The summed E-state index contributed by atoms with van der Waals surface area (Å²) in [7, 11) is 0. The van der Waals surface area contributed by atoms with Crippen LogP contribution in [0.25, 0.3) is 10.6 Å². The fourth-order valence-electron chi connectivity index (χ4n) is 2.19. The topological polar surface area (TPSA) is 54.0 Å². The summed E-state index contributed by atoms with van der Waals surface area (Å²) in [6.07, 6.45) is -4.34. The molecular formula is C15H15ClF3N3OS2. The minimum Gasteiger partial charge on any atom is -0.349 e. The lowest BCUT2D eigenvalue weighted by molar-refractivity contribution is -0.137. The molecular weight excluding hydrogens is 395 g/mol. The molecule has 0 spiro atoms. The summed E-state index contributed by atoms with van der Waals surface area (Å²) >= 11 is 3.01. The van der Waals surface area contributed by atoms with Gasteiger partial charge in [0, 0.05) is 22.6 Å². The van der Waals surface area contributed by atoms with Gasteiger partial charge in [0.15, 0.2) is 0 Å². The molecule has 0 radical (unpaired) electrons. The highest BCUT2D eigenvalue weighted by atomic mass is 35.5. The maximum atomic E-state index is 12.6. The number of nitrogens with one attached hydrogen (secondary N) is 2. The molecule has 1 aromatic carbocycles. The molecule has 2 N–H and O–H groups in total. The van der Waals surface area contributed by atoms with Gasteiger partial charge in [0.25, 0.3) is 0 Å². The van der Waals surface area contributed by atoms with Crippen molar-refractivity contribution in [2.24, 2.45) is 0 Å². The lowest BCUT2D eigenvalue weighted by Crippen LogP contribution is -2.41. The number of hydrogen-bond donors (Lipinski definition) is 2. The molecule has 0 bridgehead atoms. The fourth-order valence-corrected chi connectivity index (χ4v) is 3.95. The smallest absolute Gasteiger partial charge is 0.349 e. The number of amides is 1. The molecule has 0 aliphatic carbocycles. The zero-order chi connectivity index (χ0) is 17.2. The molecule has 0 saturated carbocycles. The van der Waals surface area contributed by atoms with Crippen molar-refractivity contribution in [3.8, 4) is 10.6 Å². The van der Waals surface area contributed by atoms with Crippen LogP contribution in [0.5, 0.6) is 0 Å². The van der Waals surface area contributed by atoms with E-state index in [-0.39, 0.29) is 24.4 Å². The van der Waals surface area contributed by atoms with Gasteiger partial charge in [0.1, 0.15) is 5.01 Å². The molecule has 2 aromatic rings. The number of nitrogens with zero attached hydrogens (tertiary/aromatic N) is 1. The highest BCUT2D eigenvalue weighted by Gasteiger charge is 2.30. The van der Waals surface area contributed by atoms with Crippen LogP contribution < -0.4 is 10.6 Å². The van der Waals surface area contributed by atoms with E-state index in [4.69, 9.17) is 0 Å². The van der Waals surface area contributed by atoms with Gasteiger partial charge in [-0.25, -0.2) is 4.98 Å². The number of benzene rings is 1. The second-order valence-corrected chi connectivity index (χ2v) is 7.10.